The normalized spacial score (nSPS) is 25.8. The molecular weight excluding hydrogens is 485 g/mol. The molecule has 1 amide bonds. The molecule has 11 heteroatoms. The maximum Gasteiger partial charge on any atom is 0.236 e. The van der Waals surface area contributed by atoms with Crippen LogP contribution in [0.4, 0.5) is 10.1 Å². The van der Waals surface area contributed by atoms with Crippen LogP contribution in [0, 0.1) is 17.1 Å². The largest absolute Gasteiger partial charge is 0.362 e. The summed E-state index contributed by atoms with van der Waals surface area (Å²) in [6.45, 7) is 12.3. The molecule has 0 bridgehead atoms. The van der Waals surface area contributed by atoms with E-state index in [-0.39, 0.29) is 18.0 Å². The molecule has 200 valence electrons. The van der Waals surface area contributed by atoms with Crippen molar-refractivity contribution in [1.29, 1.82) is 5.26 Å². The molecule has 3 aliphatic rings. The number of carbonyl (C=O) groups is 1. The first-order valence-electron chi connectivity index (χ1n) is 13.4. The number of carbonyl (C=O) groups excluding carboxylic acids is 1. The van der Waals surface area contributed by atoms with E-state index in [1.165, 1.54) is 16.3 Å². The summed E-state index contributed by atoms with van der Waals surface area (Å²) in [5.41, 5.74) is 4.76. The van der Waals surface area contributed by atoms with Crippen molar-refractivity contribution in [2.24, 2.45) is 0 Å². The van der Waals surface area contributed by atoms with Crippen molar-refractivity contribution in [2.45, 2.75) is 71.4 Å². The van der Waals surface area contributed by atoms with Gasteiger partial charge < -0.3 is 15.1 Å². The van der Waals surface area contributed by atoms with Gasteiger partial charge in [-0.15, -0.1) is 0 Å². The van der Waals surface area contributed by atoms with E-state index in [1.54, 1.807) is 6.07 Å². The van der Waals surface area contributed by atoms with Crippen LogP contribution in [0.1, 0.15) is 56.4 Å². The number of rotatable bonds is 3. The topological polar surface area (TPSA) is 97.7 Å². The van der Waals surface area contributed by atoms with E-state index in [1.807, 2.05) is 11.0 Å². The number of nitrogens with zero attached hydrogens (tertiary/aromatic N) is 8. The Bertz CT molecular complexity index is 1430. The molecule has 4 atom stereocenters. The Morgan fingerprint density at radius 2 is 1.89 bits per heavy atom. The monoisotopic (exact) mass is 519 g/mol. The highest BCUT2D eigenvalue weighted by molar-refractivity contribution is 5.78. The number of hydrogen-bond acceptors (Lipinski definition) is 7. The summed E-state index contributed by atoms with van der Waals surface area (Å²) in [6.07, 6.45) is 1.98. The van der Waals surface area contributed by atoms with Crippen LogP contribution in [0.5, 0.6) is 0 Å². The molecule has 0 spiro atoms. The minimum absolute atomic E-state index is 0.0836. The molecule has 0 aromatic carbocycles. The zero-order chi connectivity index (χ0) is 26.7. The molecule has 3 aromatic heterocycles. The van der Waals surface area contributed by atoms with Gasteiger partial charge in [0.1, 0.15) is 17.3 Å². The average Bonchev–Trinajstić information content (AvgIpc) is 3.44. The molecule has 3 aromatic rings. The van der Waals surface area contributed by atoms with E-state index in [2.05, 4.69) is 58.7 Å². The molecular formula is C27H34FN9O. The summed E-state index contributed by atoms with van der Waals surface area (Å²) >= 11 is 0. The highest BCUT2D eigenvalue weighted by Crippen LogP contribution is 2.35. The van der Waals surface area contributed by atoms with Crippen molar-refractivity contribution >= 4 is 17.1 Å². The molecule has 6 heterocycles. The molecule has 0 unspecified atom stereocenters. The number of amides is 1. The highest BCUT2D eigenvalue weighted by Gasteiger charge is 2.36. The molecule has 3 aliphatic heterocycles. The smallest absolute Gasteiger partial charge is 0.236 e. The second-order valence-electron chi connectivity index (χ2n) is 11.2. The number of anilines is 1. The summed E-state index contributed by atoms with van der Waals surface area (Å²) < 4.78 is 18.3. The fourth-order valence-electron chi connectivity index (χ4n) is 6.45. The second kappa shape index (κ2) is 9.36. The first-order valence-corrected chi connectivity index (χ1v) is 13.4. The number of hydrogen-bond donors (Lipinski definition) is 1. The third-order valence-corrected chi connectivity index (χ3v) is 8.22. The molecule has 0 radical (unpaired) electrons. The first kappa shape index (κ1) is 24.8. The van der Waals surface area contributed by atoms with E-state index in [0.29, 0.717) is 49.5 Å². The minimum atomic E-state index is -0.437. The van der Waals surface area contributed by atoms with Crippen LogP contribution >= 0.6 is 0 Å². The summed E-state index contributed by atoms with van der Waals surface area (Å²) in [7, 11) is 0. The van der Waals surface area contributed by atoms with Gasteiger partial charge in [-0.3, -0.25) is 14.4 Å². The van der Waals surface area contributed by atoms with Crippen molar-refractivity contribution < 1.29 is 9.18 Å². The Balaban J connectivity index is 1.25. The number of fused-ring (bicyclic) bond motifs is 4. The average molecular weight is 520 g/mol. The molecule has 10 nitrogen and oxygen atoms in total. The van der Waals surface area contributed by atoms with Crippen LogP contribution in [0.25, 0.3) is 5.52 Å². The third kappa shape index (κ3) is 4.12. The van der Waals surface area contributed by atoms with Crippen molar-refractivity contribution in [2.75, 3.05) is 31.1 Å². The number of piperazine rings is 1. The lowest BCUT2D eigenvalue weighted by atomic mass is 9.97. The Labute approximate surface area is 221 Å². The molecule has 38 heavy (non-hydrogen) atoms. The van der Waals surface area contributed by atoms with E-state index in [4.69, 9.17) is 5.10 Å². The number of nitriles is 1. The minimum Gasteiger partial charge on any atom is -0.362 e. The number of halogens is 1. The lowest BCUT2D eigenvalue weighted by Crippen LogP contribution is -2.57. The molecule has 1 N–H and O–H groups in total. The predicted octanol–water partition coefficient (Wildman–Crippen LogP) is 2.08. The Morgan fingerprint density at radius 1 is 1.13 bits per heavy atom. The van der Waals surface area contributed by atoms with E-state index < -0.39 is 5.82 Å². The molecule has 1 saturated heterocycles. The van der Waals surface area contributed by atoms with E-state index in [0.717, 1.165) is 36.6 Å². The van der Waals surface area contributed by atoms with Crippen LogP contribution in [-0.4, -0.2) is 79.4 Å². The highest BCUT2D eigenvalue weighted by atomic mass is 19.1. The predicted molar refractivity (Wildman–Crippen MR) is 140 cm³/mol. The summed E-state index contributed by atoms with van der Waals surface area (Å²) in [5.74, 6) is -0.259. The van der Waals surface area contributed by atoms with Gasteiger partial charge in [0, 0.05) is 49.9 Å². The quantitative estimate of drug-likeness (QED) is 0.566. The zero-order valence-electron chi connectivity index (χ0n) is 22.4. The van der Waals surface area contributed by atoms with Gasteiger partial charge in [-0.05, 0) is 46.2 Å². The van der Waals surface area contributed by atoms with Crippen molar-refractivity contribution in [3.05, 3.63) is 46.8 Å². The fraction of sp³-hybridized carbons (Fsp3) is 0.556. The molecule has 0 aliphatic carbocycles. The van der Waals surface area contributed by atoms with Gasteiger partial charge in [0.05, 0.1) is 42.4 Å². The zero-order valence-corrected chi connectivity index (χ0v) is 22.4. The molecule has 6 rings (SSSR count). The number of nitrogens with one attached hydrogen (secondary N) is 1. The molecule has 0 saturated carbocycles. The van der Waals surface area contributed by atoms with Crippen LogP contribution in [0.2, 0.25) is 0 Å². The Kier molecular flexibility index (Phi) is 6.12. The van der Waals surface area contributed by atoms with Crippen molar-refractivity contribution in [3.8, 4) is 6.07 Å². The van der Waals surface area contributed by atoms with Crippen LogP contribution < -0.4 is 10.2 Å². The maximum atomic E-state index is 14.8. The third-order valence-electron chi connectivity index (χ3n) is 8.22. The fourth-order valence-corrected chi connectivity index (χ4v) is 6.45. The van der Waals surface area contributed by atoms with Gasteiger partial charge in [0.15, 0.2) is 5.82 Å². The second-order valence-corrected chi connectivity index (χ2v) is 11.2. The van der Waals surface area contributed by atoms with Crippen LogP contribution in [0.3, 0.4) is 0 Å². The Morgan fingerprint density at radius 3 is 2.63 bits per heavy atom. The van der Waals surface area contributed by atoms with Crippen molar-refractivity contribution in [1.82, 2.24) is 34.5 Å². The van der Waals surface area contributed by atoms with Gasteiger partial charge in [0.2, 0.25) is 5.91 Å². The number of pyridine rings is 1. The molecule has 1 fully saturated rings. The van der Waals surface area contributed by atoms with Gasteiger partial charge in [-0.25, -0.2) is 8.91 Å². The lowest BCUT2D eigenvalue weighted by Gasteiger charge is -2.39. The first-order chi connectivity index (χ1) is 18.2. The van der Waals surface area contributed by atoms with Gasteiger partial charge in [-0.2, -0.15) is 15.5 Å². The lowest BCUT2D eigenvalue weighted by molar-refractivity contribution is -0.135. The summed E-state index contributed by atoms with van der Waals surface area (Å²) in [6, 6.07) is 6.48. The van der Waals surface area contributed by atoms with Gasteiger partial charge in [-0.1, -0.05) is 0 Å². The Hall–Kier alpha value is -3.49. The van der Waals surface area contributed by atoms with Crippen LogP contribution in [-0.2, 0) is 24.3 Å². The van der Waals surface area contributed by atoms with Crippen molar-refractivity contribution in [3.63, 3.8) is 0 Å². The maximum absolute atomic E-state index is 14.8. The van der Waals surface area contributed by atoms with Crippen LogP contribution in [0.15, 0.2) is 18.3 Å². The summed E-state index contributed by atoms with van der Waals surface area (Å²) in [5, 5.41) is 22.0. The summed E-state index contributed by atoms with van der Waals surface area (Å²) in [4.78, 5) is 19.6. The van der Waals surface area contributed by atoms with Gasteiger partial charge >= 0.3 is 0 Å². The van der Waals surface area contributed by atoms with E-state index in [9.17, 15) is 14.4 Å². The van der Waals surface area contributed by atoms with Gasteiger partial charge in [0.25, 0.3) is 0 Å². The SMILES string of the molecule is C[C@@H]1CN(C(=O)CN2Cc3nn4c(c3C[C@@H]2C)CN(c2ccc(C#N)n3ncc(F)c23)C[C@H]4C)C[C@H](C)N1. The standard InChI is InChI=1S/C27H34FN9O/c1-16-10-35(11-17(2)31-16)26(38)15-33-13-23-21(7-18(33)3)25-14-34(12-19(4)36(25)32-23)24-6-5-20(8-29)37-27(24)22(28)9-30-37/h5-6,9,16-19,31H,7,10-15H2,1-4H3/t16-,17+,18-,19+/m0/s1. The van der Waals surface area contributed by atoms with E-state index >= 15 is 0 Å². The number of aromatic nitrogens is 4.